The summed E-state index contributed by atoms with van der Waals surface area (Å²) in [6.45, 7) is 0. The molecular weight excluding hydrogens is 221 g/mol. The van der Waals surface area contributed by atoms with Gasteiger partial charge in [-0.05, 0) is 27.8 Å². The van der Waals surface area contributed by atoms with Crippen LogP contribution in [0.25, 0.3) is 0 Å². The van der Waals surface area contributed by atoms with Crippen molar-refractivity contribution in [2.24, 2.45) is 0 Å². The molecule has 1 aromatic rings. The molecule has 1 rings (SSSR count). The van der Waals surface area contributed by atoms with Crippen LogP contribution in [0, 0.1) is 3.57 Å². The fourth-order valence-corrected chi connectivity index (χ4v) is 0.483. The summed E-state index contributed by atoms with van der Waals surface area (Å²) >= 11 is 1.91. The van der Waals surface area contributed by atoms with E-state index in [1.54, 1.807) is 0 Å². The van der Waals surface area contributed by atoms with Gasteiger partial charge in [-0.3, -0.25) is 0 Å². The third-order valence-corrected chi connectivity index (χ3v) is 1.34. The van der Waals surface area contributed by atoms with Crippen molar-refractivity contribution < 1.29 is 5.11 Å². The minimum Gasteiger partial charge on any atom is -0.491 e. The maximum absolute atomic E-state index is 8.70. The molecule has 0 radical (unpaired) electrons. The minimum absolute atomic E-state index is 0.0689. The standard InChI is InChI=1S/C3H2IN3O/c4-2-1-5-7-6-3(2)8/h1H,(H,5,6,8). The lowest BCUT2D eigenvalue weighted by Crippen LogP contribution is -1.86. The Hall–Kier alpha value is -0.460. The Morgan fingerprint density at radius 1 is 1.62 bits per heavy atom. The van der Waals surface area contributed by atoms with Crippen LogP contribution in [-0.4, -0.2) is 20.5 Å². The van der Waals surface area contributed by atoms with E-state index in [0.717, 1.165) is 0 Å². The minimum atomic E-state index is -0.0689. The van der Waals surface area contributed by atoms with Gasteiger partial charge in [-0.25, -0.2) is 0 Å². The van der Waals surface area contributed by atoms with E-state index in [-0.39, 0.29) is 5.88 Å². The first-order valence-corrected chi connectivity index (χ1v) is 2.91. The van der Waals surface area contributed by atoms with Crippen molar-refractivity contribution in [1.82, 2.24) is 15.4 Å². The van der Waals surface area contributed by atoms with Gasteiger partial charge >= 0.3 is 0 Å². The van der Waals surface area contributed by atoms with Crippen molar-refractivity contribution in [3.05, 3.63) is 9.77 Å². The zero-order valence-corrected chi connectivity index (χ0v) is 5.90. The van der Waals surface area contributed by atoms with E-state index >= 15 is 0 Å². The largest absolute Gasteiger partial charge is 0.491 e. The van der Waals surface area contributed by atoms with E-state index in [1.807, 2.05) is 22.6 Å². The van der Waals surface area contributed by atoms with Crippen LogP contribution in [0.4, 0.5) is 0 Å². The summed E-state index contributed by atoms with van der Waals surface area (Å²) in [5.41, 5.74) is 0. The average Bonchev–Trinajstić information content (AvgIpc) is 1.77. The summed E-state index contributed by atoms with van der Waals surface area (Å²) in [5.74, 6) is -0.0689. The third-order valence-electron chi connectivity index (χ3n) is 0.576. The van der Waals surface area contributed by atoms with Gasteiger partial charge in [-0.15, -0.1) is 5.10 Å². The molecule has 0 atom stereocenters. The molecular formula is C3H2IN3O. The molecule has 1 N–H and O–H groups in total. The molecule has 5 heteroatoms. The van der Waals surface area contributed by atoms with Gasteiger partial charge in [0.05, 0.1) is 9.77 Å². The predicted octanol–water partition coefficient (Wildman–Crippen LogP) is 0.182. The number of halogens is 1. The maximum atomic E-state index is 8.70. The lowest BCUT2D eigenvalue weighted by molar-refractivity contribution is 0.435. The summed E-state index contributed by atoms with van der Waals surface area (Å²) in [5, 5.41) is 18.6. The summed E-state index contributed by atoms with van der Waals surface area (Å²) < 4.78 is 0.609. The lowest BCUT2D eigenvalue weighted by atomic mass is 10.7. The Balaban J connectivity index is 3.13. The van der Waals surface area contributed by atoms with E-state index < -0.39 is 0 Å². The molecule has 0 fully saturated rings. The van der Waals surface area contributed by atoms with Crippen LogP contribution in [0.5, 0.6) is 5.88 Å². The van der Waals surface area contributed by atoms with Crippen LogP contribution in [0.2, 0.25) is 0 Å². The summed E-state index contributed by atoms with van der Waals surface area (Å²) in [7, 11) is 0. The molecule has 1 heterocycles. The smallest absolute Gasteiger partial charge is 0.248 e. The lowest BCUT2D eigenvalue weighted by Gasteiger charge is -1.86. The molecule has 42 valence electrons. The second-order valence-electron chi connectivity index (χ2n) is 1.11. The number of aromatic nitrogens is 3. The molecule has 0 bridgehead atoms. The van der Waals surface area contributed by atoms with Gasteiger partial charge in [0, 0.05) is 0 Å². The van der Waals surface area contributed by atoms with Gasteiger partial charge in [0.25, 0.3) is 0 Å². The molecule has 0 unspecified atom stereocenters. The van der Waals surface area contributed by atoms with E-state index in [9.17, 15) is 0 Å². The highest BCUT2D eigenvalue weighted by molar-refractivity contribution is 14.1. The van der Waals surface area contributed by atoms with Crippen molar-refractivity contribution in [3.8, 4) is 5.88 Å². The first-order chi connectivity index (χ1) is 3.80. The molecule has 0 amide bonds. The molecule has 0 saturated carbocycles. The van der Waals surface area contributed by atoms with Gasteiger partial charge in [-0.1, -0.05) is 5.10 Å². The van der Waals surface area contributed by atoms with Crippen molar-refractivity contribution in [2.45, 2.75) is 0 Å². The van der Waals surface area contributed by atoms with Gasteiger partial charge in [0.2, 0.25) is 5.88 Å². The van der Waals surface area contributed by atoms with E-state index in [0.29, 0.717) is 3.57 Å². The van der Waals surface area contributed by atoms with Crippen molar-refractivity contribution >= 4 is 22.6 Å². The molecule has 4 nitrogen and oxygen atoms in total. The number of nitrogens with zero attached hydrogens (tertiary/aromatic N) is 3. The highest BCUT2D eigenvalue weighted by atomic mass is 127. The maximum Gasteiger partial charge on any atom is 0.248 e. The Labute approximate surface area is 59.1 Å². The van der Waals surface area contributed by atoms with E-state index in [1.165, 1.54) is 6.20 Å². The van der Waals surface area contributed by atoms with Crippen LogP contribution < -0.4 is 0 Å². The second kappa shape index (κ2) is 2.21. The number of aromatic hydroxyl groups is 1. The van der Waals surface area contributed by atoms with Crippen LogP contribution in [-0.2, 0) is 0 Å². The molecule has 8 heavy (non-hydrogen) atoms. The predicted molar refractivity (Wildman–Crippen MR) is 34.2 cm³/mol. The quantitative estimate of drug-likeness (QED) is 0.637. The summed E-state index contributed by atoms with van der Waals surface area (Å²) in [6.07, 6.45) is 1.43. The normalized spacial score (nSPS) is 9.12. The fourth-order valence-electron chi connectivity index (χ4n) is 0.250. The Bertz CT molecular complexity index is 171. The van der Waals surface area contributed by atoms with E-state index in [2.05, 4.69) is 15.4 Å². The molecule has 0 spiro atoms. The average molecular weight is 223 g/mol. The first kappa shape index (κ1) is 5.67. The first-order valence-electron chi connectivity index (χ1n) is 1.83. The van der Waals surface area contributed by atoms with E-state index in [4.69, 9.17) is 5.11 Å². The topological polar surface area (TPSA) is 58.9 Å². The molecule has 0 aliphatic rings. The van der Waals surface area contributed by atoms with Crippen molar-refractivity contribution in [3.63, 3.8) is 0 Å². The summed E-state index contributed by atoms with van der Waals surface area (Å²) in [6, 6.07) is 0. The fraction of sp³-hybridized carbons (Fsp3) is 0. The molecule has 1 aromatic heterocycles. The van der Waals surface area contributed by atoms with Gasteiger partial charge in [0.1, 0.15) is 0 Å². The Morgan fingerprint density at radius 3 is 2.75 bits per heavy atom. The number of hydrogen-bond donors (Lipinski definition) is 1. The van der Waals surface area contributed by atoms with Crippen LogP contribution in [0.1, 0.15) is 0 Å². The Kier molecular flexibility index (Phi) is 1.56. The zero-order chi connectivity index (χ0) is 5.98. The highest BCUT2D eigenvalue weighted by Crippen LogP contribution is 2.10. The van der Waals surface area contributed by atoms with Gasteiger partial charge < -0.3 is 5.11 Å². The second-order valence-corrected chi connectivity index (χ2v) is 2.27. The number of rotatable bonds is 0. The van der Waals surface area contributed by atoms with Crippen LogP contribution in [0.15, 0.2) is 6.20 Å². The van der Waals surface area contributed by atoms with Gasteiger partial charge in [0.15, 0.2) is 0 Å². The number of hydrogen-bond acceptors (Lipinski definition) is 4. The molecule has 0 aromatic carbocycles. The van der Waals surface area contributed by atoms with Crippen LogP contribution in [0.3, 0.4) is 0 Å². The van der Waals surface area contributed by atoms with Crippen molar-refractivity contribution in [2.75, 3.05) is 0 Å². The molecule has 0 aliphatic carbocycles. The van der Waals surface area contributed by atoms with Crippen LogP contribution >= 0.6 is 22.6 Å². The van der Waals surface area contributed by atoms with Gasteiger partial charge in [-0.2, -0.15) is 0 Å². The monoisotopic (exact) mass is 223 g/mol. The molecule has 0 saturated heterocycles. The SMILES string of the molecule is Oc1nnncc1I. The highest BCUT2D eigenvalue weighted by Gasteiger charge is 1.93. The zero-order valence-electron chi connectivity index (χ0n) is 3.74. The molecule has 0 aliphatic heterocycles. The Morgan fingerprint density at radius 2 is 2.38 bits per heavy atom. The third kappa shape index (κ3) is 1.03. The van der Waals surface area contributed by atoms with Crippen molar-refractivity contribution in [1.29, 1.82) is 0 Å². The summed E-state index contributed by atoms with van der Waals surface area (Å²) in [4.78, 5) is 0.